The molecule has 1 aromatic heterocycles. The predicted octanol–water partition coefficient (Wildman–Crippen LogP) is 2.53. The first-order chi connectivity index (χ1) is 8.97. The Morgan fingerprint density at radius 3 is 2.68 bits per heavy atom. The molecular formula is C14H19NO4. The SMILES string of the molecule is CC1CCC(NC(=O)c2cc(C(=O)O)co2)C(C)C1. The number of carbonyl (C=O) groups excluding carboxylic acids is 1. The van der Waals surface area contributed by atoms with Gasteiger partial charge < -0.3 is 14.8 Å². The van der Waals surface area contributed by atoms with Crippen molar-refractivity contribution < 1.29 is 19.1 Å². The number of aromatic carboxylic acids is 1. The lowest BCUT2D eigenvalue weighted by Gasteiger charge is -2.32. The highest BCUT2D eigenvalue weighted by Crippen LogP contribution is 2.28. The van der Waals surface area contributed by atoms with Crippen molar-refractivity contribution in [2.45, 2.75) is 39.2 Å². The van der Waals surface area contributed by atoms with Gasteiger partial charge in [-0.25, -0.2) is 4.79 Å². The van der Waals surface area contributed by atoms with Crippen LogP contribution in [0, 0.1) is 11.8 Å². The number of amides is 1. The molecule has 3 atom stereocenters. The third-order valence-electron chi connectivity index (χ3n) is 3.82. The summed E-state index contributed by atoms with van der Waals surface area (Å²) in [5.74, 6) is -0.239. The molecule has 2 rings (SSSR count). The molecule has 104 valence electrons. The molecule has 0 aliphatic heterocycles. The summed E-state index contributed by atoms with van der Waals surface area (Å²) in [6.07, 6.45) is 4.25. The highest BCUT2D eigenvalue weighted by atomic mass is 16.4. The molecule has 0 aromatic carbocycles. The number of carboxylic acids is 1. The van der Waals surface area contributed by atoms with E-state index in [1.807, 2.05) is 0 Å². The second-order valence-corrected chi connectivity index (χ2v) is 5.48. The van der Waals surface area contributed by atoms with Gasteiger partial charge in [0.05, 0.1) is 5.56 Å². The largest absolute Gasteiger partial charge is 0.478 e. The highest BCUT2D eigenvalue weighted by Gasteiger charge is 2.27. The molecule has 19 heavy (non-hydrogen) atoms. The Labute approximate surface area is 112 Å². The average Bonchev–Trinajstić information content (AvgIpc) is 2.82. The summed E-state index contributed by atoms with van der Waals surface area (Å²) in [4.78, 5) is 22.7. The first kappa shape index (κ1) is 13.6. The van der Waals surface area contributed by atoms with Gasteiger partial charge in [-0.05, 0) is 31.1 Å². The van der Waals surface area contributed by atoms with E-state index in [-0.39, 0.29) is 23.3 Å². The van der Waals surface area contributed by atoms with E-state index in [1.54, 1.807) is 0 Å². The van der Waals surface area contributed by atoms with Crippen LogP contribution in [0.4, 0.5) is 0 Å². The molecule has 0 saturated heterocycles. The number of hydrogen-bond donors (Lipinski definition) is 2. The molecule has 0 bridgehead atoms. The molecule has 1 saturated carbocycles. The minimum absolute atomic E-state index is 0.00420. The zero-order chi connectivity index (χ0) is 14.0. The van der Waals surface area contributed by atoms with Crippen LogP contribution < -0.4 is 5.32 Å². The van der Waals surface area contributed by atoms with Gasteiger partial charge in [0.1, 0.15) is 6.26 Å². The fraction of sp³-hybridized carbons (Fsp3) is 0.571. The number of carbonyl (C=O) groups is 2. The van der Waals surface area contributed by atoms with Gasteiger partial charge >= 0.3 is 5.97 Å². The van der Waals surface area contributed by atoms with E-state index >= 15 is 0 Å². The number of nitrogens with one attached hydrogen (secondary N) is 1. The minimum Gasteiger partial charge on any atom is -0.478 e. The molecular weight excluding hydrogens is 246 g/mol. The summed E-state index contributed by atoms with van der Waals surface area (Å²) < 4.78 is 4.99. The van der Waals surface area contributed by atoms with E-state index in [0.29, 0.717) is 11.8 Å². The van der Waals surface area contributed by atoms with E-state index in [2.05, 4.69) is 19.2 Å². The third-order valence-corrected chi connectivity index (χ3v) is 3.82. The van der Waals surface area contributed by atoms with Crippen molar-refractivity contribution in [2.75, 3.05) is 0 Å². The summed E-state index contributed by atoms with van der Waals surface area (Å²) in [5.41, 5.74) is -0.00420. The summed E-state index contributed by atoms with van der Waals surface area (Å²) in [5, 5.41) is 11.7. The summed E-state index contributed by atoms with van der Waals surface area (Å²) in [6, 6.07) is 1.40. The lowest BCUT2D eigenvalue weighted by atomic mass is 9.80. The fourth-order valence-electron chi connectivity index (χ4n) is 2.69. The summed E-state index contributed by atoms with van der Waals surface area (Å²) >= 11 is 0. The topological polar surface area (TPSA) is 79.5 Å². The Bertz CT molecular complexity index is 480. The average molecular weight is 265 g/mol. The van der Waals surface area contributed by atoms with Crippen molar-refractivity contribution in [3.05, 3.63) is 23.7 Å². The Balaban J connectivity index is 1.98. The molecule has 1 amide bonds. The molecule has 0 radical (unpaired) electrons. The minimum atomic E-state index is -1.09. The van der Waals surface area contributed by atoms with Crippen molar-refractivity contribution in [3.63, 3.8) is 0 Å². The Morgan fingerprint density at radius 1 is 1.37 bits per heavy atom. The van der Waals surface area contributed by atoms with Crippen LogP contribution in [0.15, 0.2) is 16.7 Å². The molecule has 1 heterocycles. The van der Waals surface area contributed by atoms with E-state index in [0.717, 1.165) is 25.5 Å². The van der Waals surface area contributed by atoms with Gasteiger partial charge in [-0.1, -0.05) is 13.8 Å². The van der Waals surface area contributed by atoms with Crippen LogP contribution in [0.1, 0.15) is 54.0 Å². The Kier molecular flexibility index (Phi) is 3.93. The van der Waals surface area contributed by atoms with Gasteiger partial charge in [0.15, 0.2) is 5.76 Å². The maximum atomic E-state index is 12.0. The van der Waals surface area contributed by atoms with Crippen LogP contribution in [0.25, 0.3) is 0 Å². The van der Waals surface area contributed by atoms with Crippen LogP contribution in [0.5, 0.6) is 0 Å². The Hall–Kier alpha value is -1.78. The van der Waals surface area contributed by atoms with Gasteiger partial charge in [-0.2, -0.15) is 0 Å². The maximum absolute atomic E-state index is 12.0. The van der Waals surface area contributed by atoms with Gasteiger partial charge in [0.25, 0.3) is 5.91 Å². The van der Waals surface area contributed by atoms with Crippen molar-refractivity contribution in [1.29, 1.82) is 0 Å². The van der Waals surface area contributed by atoms with Crippen LogP contribution in [0.2, 0.25) is 0 Å². The summed E-state index contributed by atoms with van der Waals surface area (Å²) in [7, 11) is 0. The van der Waals surface area contributed by atoms with E-state index in [1.165, 1.54) is 6.07 Å². The molecule has 5 heteroatoms. The van der Waals surface area contributed by atoms with Gasteiger partial charge in [0, 0.05) is 12.1 Å². The second-order valence-electron chi connectivity index (χ2n) is 5.48. The van der Waals surface area contributed by atoms with Crippen LogP contribution in [0.3, 0.4) is 0 Å². The van der Waals surface area contributed by atoms with Crippen LogP contribution >= 0.6 is 0 Å². The quantitative estimate of drug-likeness (QED) is 0.880. The monoisotopic (exact) mass is 265 g/mol. The number of furan rings is 1. The van der Waals surface area contributed by atoms with Gasteiger partial charge in [-0.15, -0.1) is 0 Å². The standard InChI is InChI=1S/C14H19NO4/c1-8-3-4-11(9(2)5-8)15-13(16)12-6-10(7-19-12)14(17)18/h6-9,11H,3-5H2,1-2H3,(H,15,16)(H,17,18). The third kappa shape index (κ3) is 3.16. The highest BCUT2D eigenvalue weighted by molar-refractivity contribution is 5.95. The normalized spacial score (nSPS) is 26.9. The van der Waals surface area contributed by atoms with E-state index in [9.17, 15) is 9.59 Å². The molecule has 1 fully saturated rings. The van der Waals surface area contributed by atoms with Gasteiger partial charge in [-0.3, -0.25) is 4.79 Å². The smallest absolute Gasteiger partial charge is 0.338 e. The lowest BCUT2D eigenvalue weighted by molar-refractivity contribution is 0.0695. The number of hydrogen-bond acceptors (Lipinski definition) is 3. The van der Waals surface area contributed by atoms with Crippen LogP contribution in [-0.4, -0.2) is 23.0 Å². The molecule has 1 aromatic rings. The van der Waals surface area contributed by atoms with Crippen molar-refractivity contribution in [3.8, 4) is 0 Å². The van der Waals surface area contributed by atoms with Crippen molar-refractivity contribution in [2.24, 2.45) is 11.8 Å². The first-order valence-corrected chi connectivity index (χ1v) is 6.60. The molecule has 2 N–H and O–H groups in total. The van der Waals surface area contributed by atoms with Gasteiger partial charge in [0.2, 0.25) is 0 Å². The van der Waals surface area contributed by atoms with Crippen molar-refractivity contribution in [1.82, 2.24) is 5.32 Å². The lowest BCUT2D eigenvalue weighted by Crippen LogP contribution is -2.42. The number of carboxylic acid groups (broad SMARTS) is 1. The Morgan fingerprint density at radius 2 is 2.11 bits per heavy atom. The second kappa shape index (κ2) is 5.47. The maximum Gasteiger partial charge on any atom is 0.338 e. The molecule has 5 nitrogen and oxygen atoms in total. The molecule has 3 unspecified atom stereocenters. The first-order valence-electron chi connectivity index (χ1n) is 6.60. The fourth-order valence-corrected chi connectivity index (χ4v) is 2.69. The van der Waals surface area contributed by atoms with Crippen LogP contribution in [-0.2, 0) is 0 Å². The van der Waals surface area contributed by atoms with E-state index in [4.69, 9.17) is 9.52 Å². The zero-order valence-electron chi connectivity index (χ0n) is 11.2. The molecule has 1 aliphatic carbocycles. The summed E-state index contributed by atoms with van der Waals surface area (Å²) in [6.45, 7) is 4.35. The number of rotatable bonds is 3. The van der Waals surface area contributed by atoms with E-state index < -0.39 is 5.97 Å². The predicted molar refractivity (Wildman–Crippen MR) is 69.1 cm³/mol. The zero-order valence-corrected chi connectivity index (χ0v) is 11.2. The molecule has 1 aliphatic rings. The van der Waals surface area contributed by atoms with Crippen molar-refractivity contribution >= 4 is 11.9 Å². The molecule has 0 spiro atoms.